The number of nitrogens with zero attached hydrogens (tertiary/aromatic N) is 2. The Bertz CT molecular complexity index is 533. The first-order chi connectivity index (χ1) is 16.8. The van der Waals surface area contributed by atoms with Gasteiger partial charge in [-0.25, -0.2) is 9.13 Å². The predicted octanol–water partition coefficient (Wildman–Crippen LogP) is 10.4. The molecule has 0 bridgehead atoms. The van der Waals surface area contributed by atoms with Crippen molar-refractivity contribution in [3.05, 3.63) is 18.2 Å². The second-order valence-corrected chi connectivity index (χ2v) is 10.9. The fourth-order valence-electron chi connectivity index (χ4n) is 5.33. The van der Waals surface area contributed by atoms with Crippen molar-refractivity contribution in [3.63, 3.8) is 0 Å². The van der Waals surface area contributed by atoms with E-state index in [-0.39, 0.29) is 0 Å². The third-order valence-electron chi connectivity index (χ3n) is 7.56. The third-order valence-corrected chi connectivity index (χ3v) is 7.56. The number of rotatable bonds is 26. The van der Waals surface area contributed by atoms with Crippen LogP contribution in [0.1, 0.15) is 174 Å². The maximum absolute atomic E-state index is 2.58. The third kappa shape index (κ3) is 16.8. The molecule has 2 nitrogen and oxygen atoms in total. The van der Waals surface area contributed by atoms with E-state index in [0.29, 0.717) is 0 Å². The topological polar surface area (TPSA) is 8.81 Å². The number of hydrogen-bond donors (Lipinski definition) is 0. The average Bonchev–Trinajstić information content (AvgIpc) is 3.22. The Hall–Kier alpha value is -0.790. The zero-order valence-electron chi connectivity index (χ0n) is 23.9. The van der Waals surface area contributed by atoms with Crippen molar-refractivity contribution in [3.8, 4) is 0 Å². The smallest absolute Gasteiger partial charge is 0.234 e. The van der Waals surface area contributed by atoms with Crippen molar-refractivity contribution in [2.75, 3.05) is 0 Å². The Balaban J connectivity index is 2.06. The summed E-state index contributed by atoms with van der Waals surface area (Å²) in [4.78, 5) is 0. The average molecular weight is 476 g/mol. The quantitative estimate of drug-likeness (QED) is 0.0930. The number of aromatic nitrogens is 2. The molecule has 0 amide bonds. The number of unbranched alkanes of at least 4 members (excludes halogenated alkanes) is 20. The fraction of sp³-hybridized carbons (Fsp3) is 0.906. The fourth-order valence-corrected chi connectivity index (χ4v) is 5.33. The molecule has 0 spiro atoms. The van der Waals surface area contributed by atoms with Crippen LogP contribution in [0.15, 0.2) is 12.4 Å². The van der Waals surface area contributed by atoms with Gasteiger partial charge in [0.15, 0.2) is 0 Å². The van der Waals surface area contributed by atoms with E-state index in [1.54, 1.807) is 5.82 Å². The van der Waals surface area contributed by atoms with Crippen molar-refractivity contribution >= 4 is 0 Å². The highest BCUT2D eigenvalue weighted by Gasteiger charge is 2.15. The second-order valence-electron chi connectivity index (χ2n) is 10.9. The molecule has 0 unspecified atom stereocenters. The zero-order chi connectivity index (χ0) is 24.5. The molecule has 0 aliphatic carbocycles. The van der Waals surface area contributed by atoms with Crippen molar-refractivity contribution < 1.29 is 4.57 Å². The Morgan fingerprint density at radius 2 is 0.912 bits per heavy atom. The zero-order valence-corrected chi connectivity index (χ0v) is 23.9. The Morgan fingerprint density at radius 1 is 0.500 bits per heavy atom. The van der Waals surface area contributed by atoms with Crippen LogP contribution in [0.25, 0.3) is 0 Å². The summed E-state index contributed by atoms with van der Waals surface area (Å²) in [7, 11) is 0. The summed E-state index contributed by atoms with van der Waals surface area (Å²) in [5.74, 6) is 1.58. The first kappa shape index (κ1) is 31.2. The molecule has 0 N–H and O–H groups in total. The standard InChI is InChI=1S/C32H63N2/c1-4-7-9-11-13-14-15-16-17-18-19-20-22-24-26-29-34-31-30-33(28-6-3)32(34)27-25-23-21-12-10-8-5-2/h30-31H,4-29H2,1-3H3/q+1. The van der Waals surface area contributed by atoms with Gasteiger partial charge in [-0.3, -0.25) is 0 Å². The minimum atomic E-state index is 1.18. The summed E-state index contributed by atoms with van der Waals surface area (Å²) in [6.07, 6.45) is 38.7. The molecule has 0 saturated carbocycles. The second kappa shape index (κ2) is 23.9. The molecule has 1 aromatic heterocycles. The van der Waals surface area contributed by atoms with Crippen LogP contribution in [-0.4, -0.2) is 4.57 Å². The number of aryl methyl sites for hydroxylation is 2. The maximum Gasteiger partial charge on any atom is 0.256 e. The van der Waals surface area contributed by atoms with Gasteiger partial charge in [0, 0.05) is 6.42 Å². The molecule has 0 aromatic carbocycles. The van der Waals surface area contributed by atoms with Gasteiger partial charge >= 0.3 is 0 Å². The Kier molecular flexibility index (Phi) is 22.0. The predicted molar refractivity (Wildman–Crippen MR) is 152 cm³/mol. The van der Waals surface area contributed by atoms with Crippen molar-refractivity contribution in [2.24, 2.45) is 0 Å². The Labute approximate surface area is 215 Å². The molecule has 1 rings (SSSR count). The lowest BCUT2D eigenvalue weighted by atomic mass is 10.0. The van der Waals surface area contributed by atoms with Crippen LogP contribution in [0.2, 0.25) is 0 Å². The SMILES string of the molecule is CCCCCCCCCCCCCCCCCn1cc[n+](CCC)c1CCCCCCCCC. The van der Waals surface area contributed by atoms with E-state index >= 15 is 0 Å². The molecule has 0 saturated heterocycles. The van der Waals surface area contributed by atoms with E-state index in [1.165, 1.54) is 167 Å². The summed E-state index contributed by atoms with van der Waals surface area (Å²) < 4.78 is 5.11. The molecule has 0 radical (unpaired) electrons. The molecular weight excluding hydrogens is 412 g/mol. The lowest BCUT2D eigenvalue weighted by Crippen LogP contribution is -2.37. The van der Waals surface area contributed by atoms with Crippen molar-refractivity contribution in [2.45, 2.75) is 188 Å². The highest BCUT2D eigenvalue weighted by Crippen LogP contribution is 2.14. The highest BCUT2D eigenvalue weighted by molar-refractivity contribution is 4.84. The molecule has 0 aliphatic rings. The minimum Gasteiger partial charge on any atom is -0.234 e. The van der Waals surface area contributed by atoms with Crippen molar-refractivity contribution in [1.82, 2.24) is 4.57 Å². The van der Waals surface area contributed by atoms with Crippen molar-refractivity contribution in [1.29, 1.82) is 0 Å². The van der Waals surface area contributed by atoms with E-state index in [1.807, 2.05) is 0 Å². The first-order valence-corrected chi connectivity index (χ1v) is 15.9. The Morgan fingerprint density at radius 3 is 1.35 bits per heavy atom. The minimum absolute atomic E-state index is 1.18. The molecule has 0 aliphatic heterocycles. The lowest BCUT2D eigenvalue weighted by molar-refractivity contribution is -0.703. The molecule has 34 heavy (non-hydrogen) atoms. The van der Waals surface area contributed by atoms with Gasteiger partial charge in [-0.05, 0) is 25.7 Å². The summed E-state index contributed by atoms with van der Waals surface area (Å²) in [5.41, 5.74) is 0. The van der Waals surface area contributed by atoms with Gasteiger partial charge in [-0.2, -0.15) is 0 Å². The van der Waals surface area contributed by atoms with Crippen LogP contribution in [-0.2, 0) is 19.5 Å². The monoisotopic (exact) mass is 475 g/mol. The molecule has 0 fully saturated rings. The highest BCUT2D eigenvalue weighted by atomic mass is 15.1. The van der Waals surface area contributed by atoms with Crippen LogP contribution in [0, 0.1) is 0 Å². The normalized spacial score (nSPS) is 11.5. The molecule has 2 heteroatoms. The van der Waals surface area contributed by atoms with Gasteiger partial charge in [0.25, 0.3) is 5.82 Å². The van der Waals surface area contributed by atoms with Gasteiger partial charge in [-0.15, -0.1) is 0 Å². The van der Waals surface area contributed by atoms with Crippen LogP contribution in [0.3, 0.4) is 0 Å². The lowest BCUT2D eigenvalue weighted by Gasteiger charge is -2.06. The van der Waals surface area contributed by atoms with Gasteiger partial charge in [-0.1, -0.05) is 143 Å². The van der Waals surface area contributed by atoms with Crippen LogP contribution < -0.4 is 4.57 Å². The van der Waals surface area contributed by atoms with Crippen LogP contribution in [0.4, 0.5) is 0 Å². The number of hydrogen-bond acceptors (Lipinski definition) is 0. The molecule has 200 valence electrons. The maximum atomic E-state index is 2.58. The van der Waals surface area contributed by atoms with Gasteiger partial charge in [0.1, 0.15) is 12.4 Å². The summed E-state index contributed by atoms with van der Waals surface area (Å²) in [5, 5.41) is 0. The first-order valence-electron chi connectivity index (χ1n) is 15.9. The van der Waals surface area contributed by atoms with E-state index in [9.17, 15) is 0 Å². The van der Waals surface area contributed by atoms with Gasteiger partial charge in [0.2, 0.25) is 0 Å². The summed E-state index contributed by atoms with van der Waals surface area (Å²) in [6, 6.07) is 0. The number of imidazole rings is 1. The largest absolute Gasteiger partial charge is 0.256 e. The van der Waals surface area contributed by atoms with Gasteiger partial charge in [0.05, 0.1) is 13.1 Å². The van der Waals surface area contributed by atoms with E-state index < -0.39 is 0 Å². The van der Waals surface area contributed by atoms with E-state index in [4.69, 9.17) is 0 Å². The summed E-state index contributed by atoms with van der Waals surface area (Å²) >= 11 is 0. The summed E-state index contributed by atoms with van der Waals surface area (Å²) in [6.45, 7) is 9.31. The molecular formula is C32H63N2+. The van der Waals surface area contributed by atoms with Crippen LogP contribution >= 0.6 is 0 Å². The molecule has 1 heterocycles. The molecule has 0 atom stereocenters. The van der Waals surface area contributed by atoms with E-state index in [2.05, 4.69) is 42.3 Å². The van der Waals surface area contributed by atoms with Gasteiger partial charge < -0.3 is 0 Å². The van der Waals surface area contributed by atoms with E-state index in [0.717, 1.165) is 0 Å². The molecule has 1 aromatic rings. The van der Waals surface area contributed by atoms with Crippen LogP contribution in [0.5, 0.6) is 0 Å².